The van der Waals surface area contributed by atoms with Gasteiger partial charge in [-0.25, -0.2) is 6.08 Å². The van der Waals surface area contributed by atoms with E-state index in [-0.39, 0.29) is 42.7 Å². The van der Waals surface area contributed by atoms with E-state index in [0.717, 1.165) is 39.5 Å². The first kappa shape index (κ1) is 47.2. The Morgan fingerprint density at radius 2 is 0.794 bits per heavy atom. The molecule has 34 heavy (non-hydrogen) atoms. The standard InChI is InChI=1S/2C9H21P.C8H7.2CO.CH3.Ru/c2*1-7(2)10(8(3)4)9(5)6;1-2-8-6-4-3-5-7-8;2*1-2;;/h2*7-9H,1-6H3;1-7H;;;1H3;/q;;-1;;;-1;+2. The maximum Gasteiger partial charge on any atom is 2.00 e. The van der Waals surface area contributed by atoms with E-state index in [2.05, 4.69) is 96.4 Å². The van der Waals surface area contributed by atoms with Crippen molar-refractivity contribution in [2.75, 3.05) is 0 Å². The van der Waals surface area contributed by atoms with E-state index in [1.54, 1.807) is 6.08 Å². The van der Waals surface area contributed by atoms with Crippen molar-refractivity contribution in [3.63, 3.8) is 0 Å². The Morgan fingerprint density at radius 3 is 0.882 bits per heavy atom. The van der Waals surface area contributed by atoms with Crippen molar-refractivity contribution in [3.8, 4) is 0 Å². The molecule has 198 valence electrons. The normalized spacial score (nSPS) is 9.53. The molecule has 0 bridgehead atoms. The molecule has 0 saturated heterocycles. The Bertz CT molecular complexity index is 497. The van der Waals surface area contributed by atoms with Gasteiger partial charge in [0.15, 0.2) is 0 Å². The largest absolute Gasteiger partial charge is 2.00 e. The molecule has 0 aromatic heterocycles. The minimum absolute atomic E-state index is 0. The van der Waals surface area contributed by atoms with Crippen LogP contribution in [0.2, 0.25) is 0 Å². The molecule has 0 N–H and O–H groups in total. The van der Waals surface area contributed by atoms with E-state index < -0.39 is 0 Å². The van der Waals surface area contributed by atoms with Gasteiger partial charge < -0.3 is 7.43 Å². The number of benzene rings is 1. The summed E-state index contributed by atoms with van der Waals surface area (Å²) >= 11 is 0. The molecule has 2 nitrogen and oxygen atoms in total. The number of hydrogen-bond donors (Lipinski definition) is 0. The molecular weight excluding hydrogens is 543 g/mol. The van der Waals surface area contributed by atoms with Gasteiger partial charge in [-0.15, -0.1) is 12.1 Å². The number of rotatable bonds is 7. The fraction of sp³-hybridized carbons (Fsp3) is 0.621. The molecule has 0 unspecified atom stereocenters. The van der Waals surface area contributed by atoms with Crippen molar-refractivity contribution in [1.29, 1.82) is 0 Å². The fourth-order valence-electron chi connectivity index (χ4n) is 4.14. The zero-order valence-electron chi connectivity index (χ0n) is 24.1. The van der Waals surface area contributed by atoms with Crippen LogP contribution in [0.3, 0.4) is 0 Å². The molecule has 1 aromatic rings. The predicted molar refractivity (Wildman–Crippen MR) is 154 cm³/mol. The summed E-state index contributed by atoms with van der Waals surface area (Å²) in [6, 6.07) is 9.80. The molecule has 0 saturated carbocycles. The molecule has 0 aliphatic carbocycles. The third-order valence-electron chi connectivity index (χ3n) is 4.57. The van der Waals surface area contributed by atoms with Crippen molar-refractivity contribution in [2.45, 2.75) is 117 Å². The maximum absolute atomic E-state index is 7.50. The first-order chi connectivity index (χ1) is 14.9. The quantitative estimate of drug-likeness (QED) is 0.130. The molecule has 0 heterocycles. The molecule has 0 aliphatic heterocycles. The van der Waals surface area contributed by atoms with Crippen LogP contribution in [0.4, 0.5) is 0 Å². The summed E-state index contributed by atoms with van der Waals surface area (Å²) in [5, 5.41) is 0. The Kier molecular flexibility index (Phi) is 42.9. The van der Waals surface area contributed by atoms with Gasteiger partial charge in [0.05, 0.1) is 0 Å². The minimum Gasteiger partial charge on any atom is -0.358 e. The summed E-state index contributed by atoms with van der Waals surface area (Å²) in [6.45, 7) is 42.5. The van der Waals surface area contributed by atoms with E-state index in [4.69, 9.17) is 15.9 Å². The second-order valence-electron chi connectivity index (χ2n) is 9.03. The SMILES string of the molecule is CC(C)P(C(C)C)C(C)C.CC(C)P(C(C)C)C(C)C.[C-]#[O+].[C-]#[O+].[CH-]=Cc1ccccc1.[CH3-].[Ru+2]. The van der Waals surface area contributed by atoms with Crippen LogP contribution in [-0.2, 0) is 28.8 Å². The van der Waals surface area contributed by atoms with Crippen molar-refractivity contribution in [3.05, 3.63) is 63.2 Å². The summed E-state index contributed by atoms with van der Waals surface area (Å²) in [5.41, 5.74) is 6.45. The van der Waals surface area contributed by atoms with Gasteiger partial charge in [-0.2, -0.15) is 5.56 Å². The first-order valence-corrected chi connectivity index (χ1v) is 14.5. The van der Waals surface area contributed by atoms with E-state index >= 15 is 0 Å². The molecule has 0 aliphatic rings. The minimum atomic E-state index is 0. The predicted octanol–water partition coefficient (Wildman–Crippen LogP) is 9.89. The Morgan fingerprint density at radius 1 is 0.588 bits per heavy atom. The number of hydrogen-bond acceptors (Lipinski definition) is 0. The van der Waals surface area contributed by atoms with E-state index in [0.29, 0.717) is 0 Å². The second-order valence-corrected chi connectivity index (χ2v) is 17.0. The maximum atomic E-state index is 7.50. The van der Waals surface area contributed by atoms with Crippen LogP contribution in [0, 0.1) is 27.3 Å². The molecule has 0 fully saturated rings. The van der Waals surface area contributed by atoms with Crippen LogP contribution in [0.1, 0.15) is 88.6 Å². The second kappa shape index (κ2) is 31.0. The van der Waals surface area contributed by atoms with Gasteiger partial charge in [-0.1, -0.05) is 117 Å². The molecule has 0 atom stereocenters. The monoisotopic (exact) mass is 596 g/mol. The van der Waals surface area contributed by atoms with Crippen molar-refractivity contribution in [2.24, 2.45) is 0 Å². The van der Waals surface area contributed by atoms with Gasteiger partial charge in [0, 0.05) is 0 Å². The van der Waals surface area contributed by atoms with Gasteiger partial charge in [0.2, 0.25) is 0 Å². The summed E-state index contributed by atoms with van der Waals surface area (Å²) in [5.74, 6) is 0. The van der Waals surface area contributed by atoms with Crippen LogP contribution in [-0.4, -0.2) is 34.0 Å². The molecule has 0 radical (unpaired) electrons. The van der Waals surface area contributed by atoms with Gasteiger partial charge in [0.25, 0.3) is 0 Å². The zero-order chi connectivity index (χ0) is 26.4. The first-order valence-electron chi connectivity index (χ1n) is 11.4. The summed E-state index contributed by atoms with van der Waals surface area (Å²) < 4.78 is 15.0. The van der Waals surface area contributed by atoms with Crippen LogP contribution in [0.15, 0.2) is 30.3 Å². The Balaban J connectivity index is -0.0000000784. The zero-order valence-corrected chi connectivity index (χ0v) is 27.6. The van der Waals surface area contributed by atoms with Gasteiger partial charge in [0.1, 0.15) is 0 Å². The van der Waals surface area contributed by atoms with E-state index in [1.165, 1.54) is 0 Å². The molecule has 1 aromatic carbocycles. The van der Waals surface area contributed by atoms with Crippen LogP contribution >= 0.6 is 15.8 Å². The van der Waals surface area contributed by atoms with Gasteiger partial charge >= 0.3 is 42.1 Å². The van der Waals surface area contributed by atoms with Gasteiger partial charge in [-0.3, -0.25) is 6.58 Å². The van der Waals surface area contributed by atoms with E-state index in [9.17, 15) is 0 Å². The van der Waals surface area contributed by atoms with Crippen molar-refractivity contribution in [1.82, 2.24) is 0 Å². The Hall–Kier alpha value is -0.0766. The molecule has 5 heteroatoms. The van der Waals surface area contributed by atoms with Crippen molar-refractivity contribution < 1.29 is 28.8 Å². The average Bonchev–Trinajstić information content (AvgIpc) is 2.70. The molecule has 0 amide bonds. The summed E-state index contributed by atoms with van der Waals surface area (Å²) in [4.78, 5) is 0. The molecule has 0 spiro atoms. The fourth-order valence-corrected chi connectivity index (χ4v) is 11.3. The topological polar surface area (TPSA) is 39.8 Å². The molecular formula is C29H52O2P2Ru. The van der Waals surface area contributed by atoms with Crippen LogP contribution in [0.5, 0.6) is 0 Å². The Labute approximate surface area is 230 Å². The summed E-state index contributed by atoms with van der Waals surface area (Å²) in [6.07, 6.45) is 1.58. The molecule has 1 rings (SSSR count). The van der Waals surface area contributed by atoms with Crippen molar-refractivity contribution >= 4 is 21.9 Å². The van der Waals surface area contributed by atoms with Gasteiger partial charge in [-0.05, 0) is 34.0 Å². The average molecular weight is 596 g/mol. The summed E-state index contributed by atoms with van der Waals surface area (Å²) in [7, 11) is 0.525. The smallest absolute Gasteiger partial charge is 0.358 e. The van der Waals surface area contributed by atoms with E-state index in [1.807, 2.05) is 30.3 Å². The van der Waals surface area contributed by atoms with Crippen LogP contribution in [0.25, 0.3) is 6.08 Å². The third kappa shape index (κ3) is 26.5. The third-order valence-corrected chi connectivity index (χ3v) is 11.7. The van der Waals surface area contributed by atoms with Crippen LogP contribution < -0.4 is 0 Å².